The summed E-state index contributed by atoms with van der Waals surface area (Å²) >= 11 is 0. The topological polar surface area (TPSA) is 47.0 Å². The first-order chi connectivity index (χ1) is 24.3. The molecule has 4 heteroatoms. The molecule has 302 valence electrons. The van der Waals surface area contributed by atoms with E-state index in [4.69, 9.17) is 0 Å². The zero-order valence-electron chi connectivity index (χ0n) is 37.9. The van der Waals surface area contributed by atoms with E-state index in [9.17, 15) is 14.0 Å². The lowest BCUT2D eigenvalue weighted by molar-refractivity contribution is -0.117. The van der Waals surface area contributed by atoms with Gasteiger partial charge in [-0.25, -0.2) is 4.39 Å². The average Bonchev–Trinajstić information content (AvgIpc) is 3.09. The van der Waals surface area contributed by atoms with Crippen molar-refractivity contribution in [3.8, 4) is 0 Å². The predicted octanol–water partition coefficient (Wildman–Crippen LogP) is 16.1. The molecule has 0 N–H and O–H groups in total. The van der Waals surface area contributed by atoms with Crippen LogP contribution < -0.4 is 0 Å². The fraction of sp³-hybridized carbons (Fsp3) is 0.604. The van der Waals surface area contributed by atoms with E-state index in [0.717, 1.165) is 42.0 Å². The minimum Gasteiger partial charge on any atom is -0.300 e. The Balaban J connectivity index is -0.000000121. The van der Waals surface area contributed by atoms with Crippen molar-refractivity contribution in [2.24, 2.45) is 11.8 Å². The van der Waals surface area contributed by atoms with Gasteiger partial charge in [-0.15, -0.1) is 6.58 Å². The van der Waals surface area contributed by atoms with Gasteiger partial charge in [0.15, 0.2) is 0 Å². The largest absolute Gasteiger partial charge is 0.300 e. The number of hydrogen-bond donors (Lipinski definition) is 0. The molecule has 3 aromatic rings. The number of halogens is 1. The van der Waals surface area contributed by atoms with Gasteiger partial charge in [0.1, 0.15) is 17.4 Å². The van der Waals surface area contributed by atoms with Crippen LogP contribution in [0.4, 0.5) is 4.39 Å². The van der Waals surface area contributed by atoms with Gasteiger partial charge in [-0.3, -0.25) is 4.98 Å². The summed E-state index contributed by atoms with van der Waals surface area (Å²) in [5.41, 5.74) is 4.12. The molecule has 0 aliphatic heterocycles. The highest BCUT2D eigenvalue weighted by Crippen LogP contribution is 2.13. The van der Waals surface area contributed by atoms with Crippen LogP contribution in [-0.2, 0) is 16.0 Å². The summed E-state index contributed by atoms with van der Waals surface area (Å²) in [6.45, 7) is 41.6. The zero-order valence-corrected chi connectivity index (χ0v) is 37.9. The van der Waals surface area contributed by atoms with Gasteiger partial charge in [0.25, 0.3) is 0 Å². The number of aromatic nitrogens is 1. The lowest BCUT2D eigenvalue weighted by Gasteiger charge is -2.04. The normalized spacial score (nSPS) is 9.33. The maximum atomic E-state index is 12.8. The van der Waals surface area contributed by atoms with Crippen molar-refractivity contribution in [1.29, 1.82) is 0 Å². The van der Waals surface area contributed by atoms with Crippen LogP contribution in [-0.4, -0.2) is 16.6 Å². The molecule has 0 bridgehead atoms. The highest BCUT2D eigenvalue weighted by molar-refractivity contribution is 5.81. The van der Waals surface area contributed by atoms with Crippen LogP contribution in [0.1, 0.15) is 179 Å². The molecule has 0 saturated carbocycles. The molecule has 0 aliphatic rings. The molecule has 0 aliphatic carbocycles. The Morgan fingerprint density at radius 1 is 0.731 bits per heavy atom. The third kappa shape index (κ3) is 56.2. The Morgan fingerprint density at radius 3 is 1.46 bits per heavy atom. The van der Waals surface area contributed by atoms with E-state index >= 15 is 0 Å². The Morgan fingerprint density at radius 2 is 1.13 bits per heavy atom. The Labute approximate surface area is 324 Å². The highest BCUT2D eigenvalue weighted by atomic mass is 19.1. The van der Waals surface area contributed by atoms with Crippen molar-refractivity contribution in [3.05, 3.63) is 89.5 Å². The summed E-state index contributed by atoms with van der Waals surface area (Å²) < 4.78 is 12.8. The first kappa shape index (κ1) is 60.9. The van der Waals surface area contributed by atoms with Crippen molar-refractivity contribution in [3.63, 3.8) is 0 Å². The number of nitrogens with zero attached hydrogens (tertiary/aromatic N) is 1. The molecule has 3 nitrogen and oxygen atoms in total. The van der Waals surface area contributed by atoms with Crippen LogP contribution in [0.5, 0.6) is 0 Å². The quantitative estimate of drug-likeness (QED) is 0.228. The number of carbonyl (C=O) groups excluding carboxylic acids is 2. The molecule has 52 heavy (non-hydrogen) atoms. The number of Topliss-reactive ketones (excluding diaryl/α,β-unsaturated/α-hetero) is 2. The standard InChI is InChI=1S/C10H9N.C9H11F.C8H16O.C4H10.C4H8.2C4H10.C3H6O.C2H6/c1-8-6-9-4-2-3-5-10(9)7-11-8;1-3-8-5-4-6-9(10)7(8)2;1-4-7(2)5-6-8(3)9;2*1-4(2)3;2*1-3-4-2;1-3(2)4;1-2/h2-7H,1H3;4-6H,3H2,1-2H3;7H,4-6H2,1-3H3;4H,1-3H3;1H2,2-3H3;2*3-4H2,1-2H3;1-2H3;1-2H3. The third-order valence-electron chi connectivity index (χ3n) is 6.21. The fourth-order valence-electron chi connectivity index (χ4n) is 2.88. The average molecular weight is 728 g/mol. The summed E-state index contributed by atoms with van der Waals surface area (Å²) in [5.74, 6) is 1.93. The van der Waals surface area contributed by atoms with Gasteiger partial charge in [0, 0.05) is 23.7 Å². The van der Waals surface area contributed by atoms with Gasteiger partial charge < -0.3 is 9.59 Å². The number of allylic oxidation sites excluding steroid dienone is 1. The third-order valence-corrected chi connectivity index (χ3v) is 6.21. The van der Waals surface area contributed by atoms with E-state index < -0.39 is 0 Å². The van der Waals surface area contributed by atoms with Crippen molar-refractivity contribution in [1.82, 2.24) is 4.98 Å². The smallest absolute Gasteiger partial charge is 0.129 e. The second-order valence-corrected chi connectivity index (χ2v) is 13.7. The molecule has 1 atom stereocenters. The van der Waals surface area contributed by atoms with E-state index in [1.54, 1.807) is 13.0 Å². The van der Waals surface area contributed by atoms with Crippen LogP contribution in [0.15, 0.2) is 66.9 Å². The Kier molecular flexibility index (Phi) is 53.8. The Bertz CT molecular complexity index is 1190. The molecule has 0 amide bonds. The molecule has 0 radical (unpaired) electrons. The molecule has 1 unspecified atom stereocenters. The second kappa shape index (κ2) is 45.9. The van der Waals surface area contributed by atoms with Gasteiger partial charge >= 0.3 is 0 Å². The first-order valence-electron chi connectivity index (χ1n) is 19.9. The number of unbranched alkanes of at least 4 members (excludes halogenated alkanes) is 2. The number of ketones is 2. The zero-order chi connectivity index (χ0) is 42.1. The minimum absolute atomic E-state index is 0.0978. The minimum atomic E-state index is -0.0978. The number of pyridine rings is 1. The molecular weight excluding hydrogens is 642 g/mol. The van der Waals surface area contributed by atoms with Gasteiger partial charge in [0.2, 0.25) is 0 Å². The Hall–Kier alpha value is -3.14. The lowest BCUT2D eigenvalue weighted by atomic mass is 10.0. The number of rotatable bonds is 7. The van der Waals surface area contributed by atoms with E-state index in [-0.39, 0.29) is 11.6 Å². The molecule has 0 spiro atoms. The van der Waals surface area contributed by atoms with Gasteiger partial charge in [-0.1, -0.05) is 157 Å². The van der Waals surface area contributed by atoms with Crippen LogP contribution in [0.25, 0.3) is 10.8 Å². The summed E-state index contributed by atoms with van der Waals surface area (Å²) in [6.07, 6.45) is 11.1. The highest BCUT2D eigenvalue weighted by Gasteiger charge is 2.00. The van der Waals surface area contributed by atoms with E-state index in [2.05, 4.69) is 92.1 Å². The monoisotopic (exact) mass is 728 g/mol. The van der Waals surface area contributed by atoms with E-state index in [1.807, 2.05) is 72.9 Å². The van der Waals surface area contributed by atoms with Gasteiger partial charge in [-0.05, 0) is 102 Å². The van der Waals surface area contributed by atoms with E-state index in [1.165, 1.54) is 68.4 Å². The maximum Gasteiger partial charge on any atom is 0.129 e. The van der Waals surface area contributed by atoms with E-state index in [0.29, 0.717) is 11.7 Å². The fourth-order valence-corrected chi connectivity index (χ4v) is 2.88. The van der Waals surface area contributed by atoms with Crippen LogP contribution >= 0.6 is 0 Å². The van der Waals surface area contributed by atoms with Gasteiger partial charge in [0.05, 0.1) is 0 Å². The number of benzene rings is 2. The summed E-state index contributed by atoms with van der Waals surface area (Å²) in [5, 5.41) is 2.47. The number of hydrogen-bond acceptors (Lipinski definition) is 3. The molecular formula is C48H86FNO2. The number of fused-ring (bicyclic) bond motifs is 1. The SMILES string of the molecule is C=C(C)C.CC.CC(C)=O.CC(C)C.CCC(C)CCC(C)=O.CCCC.CCCC.CCc1cccc(F)c1C.Cc1cc2ccccc2cn1. The summed E-state index contributed by atoms with van der Waals surface area (Å²) in [4.78, 5) is 24.1. The lowest BCUT2D eigenvalue weighted by Crippen LogP contribution is -1.96. The molecule has 3 rings (SSSR count). The predicted molar refractivity (Wildman–Crippen MR) is 236 cm³/mol. The van der Waals surface area contributed by atoms with Crippen molar-refractivity contribution in [2.45, 2.75) is 183 Å². The van der Waals surface area contributed by atoms with Crippen LogP contribution in [0.2, 0.25) is 0 Å². The van der Waals surface area contributed by atoms with Crippen molar-refractivity contribution >= 4 is 22.3 Å². The van der Waals surface area contributed by atoms with Gasteiger partial charge in [-0.2, -0.15) is 0 Å². The van der Waals surface area contributed by atoms with Crippen LogP contribution in [0, 0.1) is 31.5 Å². The number of aryl methyl sites for hydroxylation is 2. The summed E-state index contributed by atoms with van der Waals surface area (Å²) in [6, 6.07) is 15.5. The first-order valence-corrected chi connectivity index (χ1v) is 19.9. The molecule has 1 heterocycles. The molecule has 0 saturated heterocycles. The maximum absolute atomic E-state index is 12.8. The molecule has 0 fully saturated rings. The molecule has 2 aromatic carbocycles. The van der Waals surface area contributed by atoms with Crippen molar-refractivity contribution in [2.75, 3.05) is 0 Å². The molecule has 1 aromatic heterocycles. The summed E-state index contributed by atoms with van der Waals surface area (Å²) in [7, 11) is 0. The second-order valence-electron chi connectivity index (χ2n) is 13.7. The van der Waals surface area contributed by atoms with Crippen molar-refractivity contribution < 1.29 is 14.0 Å². The number of carbonyl (C=O) groups is 2. The van der Waals surface area contributed by atoms with Crippen LogP contribution in [0.3, 0.4) is 0 Å².